The van der Waals surface area contributed by atoms with Crippen LogP contribution >= 0.6 is 0 Å². The molecule has 2 atom stereocenters. The summed E-state index contributed by atoms with van der Waals surface area (Å²) >= 11 is 0. The van der Waals surface area contributed by atoms with Crippen LogP contribution < -0.4 is 11.1 Å². The molecule has 0 aliphatic heterocycles. The molecule has 0 aromatic heterocycles. The molecule has 86 valence electrons. The SMILES string of the molecule is NC1CC1C(=O)NC1(CO)CCCCC1. The molecule has 2 aliphatic rings. The molecule has 2 fully saturated rings. The Morgan fingerprint density at radius 3 is 2.47 bits per heavy atom. The van der Waals surface area contributed by atoms with Crippen LogP contribution in [0.1, 0.15) is 38.5 Å². The lowest BCUT2D eigenvalue weighted by Crippen LogP contribution is -2.53. The van der Waals surface area contributed by atoms with Crippen molar-refractivity contribution in [3.05, 3.63) is 0 Å². The fraction of sp³-hybridized carbons (Fsp3) is 0.909. The monoisotopic (exact) mass is 212 g/mol. The minimum atomic E-state index is -0.350. The van der Waals surface area contributed by atoms with Gasteiger partial charge in [0.1, 0.15) is 0 Å². The Labute approximate surface area is 90.2 Å². The fourth-order valence-corrected chi connectivity index (χ4v) is 2.42. The second kappa shape index (κ2) is 4.10. The smallest absolute Gasteiger partial charge is 0.225 e. The molecule has 2 rings (SSSR count). The second-order valence-electron chi connectivity index (χ2n) is 4.99. The molecule has 0 heterocycles. The lowest BCUT2D eigenvalue weighted by molar-refractivity contribution is -0.125. The first-order valence-electron chi connectivity index (χ1n) is 5.85. The fourth-order valence-electron chi connectivity index (χ4n) is 2.42. The second-order valence-corrected chi connectivity index (χ2v) is 4.99. The molecular weight excluding hydrogens is 192 g/mol. The summed E-state index contributed by atoms with van der Waals surface area (Å²) in [6.45, 7) is 0.0562. The van der Waals surface area contributed by atoms with Gasteiger partial charge in [-0.05, 0) is 19.3 Å². The Bertz CT molecular complexity index is 249. The van der Waals surface area contributed by atoms with Gasteiger partial charge in [-0.25, -0.2) is 0 Å². The van der Waals surface area contributed by atoms with E-state index in [0.717, 1.165) is 32.1 Å². The van der Waals surface area contributed by atoms with E-state index in [4.69, 9.17) is 5.73 Å². The van der Waals surface area contributed by atoms with Gasteiger partial charge in [-0.2, -0.15) is 0 Å². The molecule has 0 radical (unpaired) electrons. The average molecular weight is 212 g/mol. The van der Waals surface area contributed by atoms with Crippen molar-refractivity contribution in [1.82, 2.24) is 5.32 Å². The summed E-state index contributed by atoms with van der Waals surface area (Å²) in [5.74, 6) is 0.0359. The molecule has 0 saturated heterocycles. The van der Waals surface area contributed by atoms with Crippen LogP contribution in [0, 0.1) is 5.92 Å². The third-order valence-electron chi connectivity index (χ3n) is 3.68. The van der Waals surface area contributed by atoms with Crippen LogP contribution in [0.2, 0.25) is 0 Å². The van der Waals surface area contributed by atoms with E-state index in [2.05, 4.69) is 5.32 Å². The molecule has 0 aromatic carbocycles. The molecule has 2 aliphatic carbocycles. The van der Waals surface area contributed by atoms with E-state index in [9.17, 15) is 9.90 Å². The zero-order valence-corrected chi connectivity index (χ0v) is 9.04. The van der Waals surface area contributed by atoms with Gasteiger partial charge in [-0.15, -0.1) is 0 Å². The van der Waals surface area contributed by atoms with Crippen LogP contribution in [-0.2, 0) is 4.79 Å². The van der Waals surface area contributed by atoms with Gasteiger partial charge in [0.25, 0.3) is 0 Å². The Hall–Kier alpha value is -0.610. The van der Waals surface area contributed by atoms with Crippen molar-refractivity contribution in [1.29, 1.82) is 0 Å². The minimum Gasteiger partial charge on any atom is -0.394 e. The Balaban J connectivity index is 1.91. The average Bonchev–Trinajstić information content (AvgIpc) is 2.97. The number of aliphatic hydroxyl groups excluding tert-OH is 1. The number of nitrogens with one attached hydrogen (secondary N) is 1. The number of rotatable bonds is 3. The van der Waals surface area contributed by atoms with E-state index in [0.29, 0.717) is 0 Å². The summed E-state index contributed by atoms with van der Waals surface area (Å²) in [7, 11) is 0. The normalized spacial score (nSPS) is 33.5. The molecule has 0 aromatic rings. The number of carbonyl (C=O) groups excluding carboxylic acids is 1. The van der Waals surface area contributed by atoms with Gasteiger partial charge in [-0.1, -0.05) is 19.3 Å². The highest BCUT2D eigenvalue weighted by atomic mass is 16.3. The number of nitrogens with two attached hydrogens (primary N) is 1. The maximum absolute atomic E-state index is 11.7. The van der Waals surface area contributed by atoms with Gasteiger partial charge in [0, 0.05) is 6.04 Å². The summed E-state index contributed by atoms with van der Waals surface area (Å²) in [5.41, 5.74) is 5.28. The number of hydrogen-bond acceptors (Lipinski definition) is 3. The maximum atomic E-state index is 11.7. The first-order valence-corrected chi connectivity index (χ1v) is 5.85. The van der Waals surface area contributed by atoms with E-state index >= 15 is 0 Å². The summed E-state index contributed by atoms with van der Waals surface area (Å²) in [6, 6.07) is 0.0457. The van der Waals surface area contributed by atoms with Crippen molar-refractivity contribution >= 4 is 5.91 Å². The van der Waals surface area contributed by atoms with Crippen molar-refractivity contribution < 1.29 is 9.90 Å². The van der Waals surface area contributed by atoms with Gasteiger partial charge in [0.15, 0.2) is 0 Å². The molecule has 1 amide bonds. The molecule has 4 heteroatoms. The third-order valence-corrected chi connectivity index (χ3v) is 3.68. The van der Waals surface area contributed by atoms with Crippen LogP contribution in [0.5, 0.6) is 0 Å². The lowest BCUT2D eigenvalue weighted by atomic mass is 9.82. The number of amides is 1. The standard InChI is InChI=1S/C11H20N2O2/c12-9-6-8(9)10(15)13-11(7-14)4-2-1-3-5-11/h8-9,14H,1-7,12H2,(H,13,15). The van der Waals surface area contributed by atoms with Gasteiger partial charge < -0.3 is 16.2 Å². The predicted octanol–water partition coefficient (Wildman–Crippen LogP) is 0.145. The van der Waals surface area contributed by atoms with Crippen LogP contribution in [0.15, 0.2) is 0 Å². The van der Waals surface area contributed by atoms with Crippen LogP contribution in [0.25, 0.3) is 0 Å². The minimum absolute atomic E-state index is 0.00430. The maximum Gasteiger partial charge on any atom is 0.225 e. The van der Waals surface area contributed by atoms with E-state index in [1.807, 2.05) is 0 Å². The number of aliphatic hydroxyl groups is 1. The summed E-state index contributed by atoms with van der Waals surface area (Å²) in [4.78, 5) is 11.7. The first kappa shape index (κ1) is 10.9. The van der Waals surface area contributed by atoms with Crippen molar-refractivity contribution in [2.75, 3.05) is 6.61 Å². The van der Waals surface area contributed by atoms with Crippen molar-refractivity contribution in [2.45, 2.75) is 50.1 Å². The topological polar surface area (TPSA) is 75.4 Å². The van der Waals surface area contributed by atoms with Gasteiger partial charge in [-0.3, -0.25) is 4.79 Å². The van der Waals surface area contributed by atoms with Gasteiger partial charge >= 0.3 is 0 Å². The quantitative estimate of drug-likeness (QED) is 0.623. The number of hydrogen-bond donors (Lipinski definition) is 3. The Kier molecular flexibility index (Phi) is 2.98. The number of carbonyl (C=O) groups is 1. The molecule has 2 unspecified atom stereocenters. The highest BCUT2D eigenvalue weighted by molar-refractivity contribution is 5.83. The molecule has 0 spiro atoms. The van der Waals surface area contributed by atoms with E-state index < -0.39 is 0 Å². The molecule has 2 saturated carbocycles. The van der Waals surface area contributed by atoms with Crippen LogP contribution in [0.3, 0.4) is 0 Å². The van der Waals surface area contributed by atoms with Gasteiger partial charge in [0.2, 0.25) is 5.91 Å². The Morgan fingerprint density at radius 1 is 1.40 bits per heavy atom. The van der Waals surface area contributed by atoms with E-state index in [-0.39, 0.29) is 30.0 Å². The highest BCUT2D eigenvalue weighted by Gasteiger charge is 2.43. The van der Waals surface area contributed by atoms with Crippen LogP contribution in [0.4, 0.5) is 0 Å². The zero-order valence-electron chi connectivity index (χ0n) is 9.04. The van der Waals surface area contributed by atoms with Crippen molar-refractivity contribution in [3.8, 4) is 0 Å². The van der Waals surface area contributed by atoms with E-state index in [1.54, 1.807) is 0 Å². The predicted molar refractivity (Wildman–Crippen MR) is 57.1 cm³/mol. The first-order chi connectivity index (χ1) is 7.17. The molecule has 4 N–H and O–H groups in total. The molecule has 0 bridgehead atoms. The molecule has 4 nitrogen and oxygen atoms in total. The van der Waals surface area contributed by atoms with Crippen molar-refractivity contribution in [3.63, 3.8) is 0 Å². The highest BCUT2D eigenvalue weighted by Crippen LogP contribution is 2.32. The van der Waals surface area contributed by atoms with E-state index in [1.165, 1.54) is 6.42 Å². The van der Waals surface area contributed by atoms with Crippen molar-refractivity contribution in [2.24, 2.45) is 11.7 Å². The van der Waals surface area contributed by atoms with Gasteiger partial charge in [0.05, 0.1) is 18.1 Å². The molecule has 15 heavy (non-hydrogen) atoms. The zero-order chi connectivity index (χ0) is 10.9. The largest absolute Gasteiger partial charge is 0.394 e. The third kappa shape index (κ3) is 2.32. The lowest BCUT2D eigenvalue weighted by Gasteiger charge is -2.36. The van der Waals surface area contributed by atoms with Crippen LogP contribution in [-0.4, -0.2) is 29.2 Å². The Morgan fingerprint density at radius 2 is 2.00 bits per heavy atom. The summed E-state index contributed by atoms with van der Waals surface area (Å²) < 4.78 is 0. The summed E-state index contributed by atoms with van der Waals surface area (Å²) in [6.07, 6.45) is 6.00. The summed E-state index contributed by atoms with van der Waals surface area (Å²) in [5, 5.41) is 12.4. The molecular formula is C11H20N2O2.